The molecule has 2 N–H and O–H groups in total. The van der Waals surface area contributed by atoms with Crippen molar-refractivity contribution in [1.29, 1.82) is 0 Å². The zero-order chi connectivity index (χ0) is 18.4. The summed E-state index contributed by atoms with van der Waals surface area (Å²) in [6.45, 7) is 9.11. The summed E-state index contributed by atoms with van der Waals surface area (Å²) in [5.41, 5.74) is 3.58. The van der Waals surface area contributed by atoms with Gasteiger partial charge in [0, 0.05) is 37.2 Å². The van der Waals surface area contributed by atoms with Crippen LogP contribution in [0.5, 0.6) is 0 Å². The van der Waals surface area contributed by atoms with Crippen LogP contribution in [-0.4, -0.2) is 44.3 Å². The van der Waals surface area contributed by atoms with Gasteiger partial charge in [-0.05, 0) is 31.5 Å². The third-order valence-corrected chi connectivity index (χ3v) is 5.48. The third kappa shape index (κ3) is 6.32. The quantitative estimate of drug-likeness (QED) is 0.375. The number of nitrogens with zero attached hydrogens (tertiary/aromatic N) is 3. The second-order valence-corrected chi connectivity index (χ2v) is 7.57. The maximum atomic E-state index is 5.41. The number of aliphatic imine (C=N–C) groups is 1. The van der Waals surface area contributed by atoms with E-state index in [0.29, 0.717) is 0 Å². The average molecular weight is 501 g/mol. The van der Waals surface area contributed by atoms with Crippen LogP contribution in [-0.2, 0) is 17.8 Å². The Bertz CT molecular complexity index is 741. The van der Waals surface area contributed by atoms with E-state index in [1.165, 1.54) is 16.1 Å². The molecule has 1 saturated heterocycles. The normalized spacial score (nSPS) is 14.6. The number of halogens is 1. The van der Waals surface area contributed by atoms with Gasteiger partial charge >= 0.3 is 0 Å². The smallest absolute Gasteiger partial charge is 0.191 e. The number of hydrogen-bond acceptors (Lipinski definition) is 5. The van der Waals surface area contributed by atoms with Gasteiger partial charge in [0.05, 0.1) is 30.5 Å². The van der Waals surface area contributed by atoms with Crippen molar-refractivity contribution in [3.05, 3.63) is 45.4 Å². The minimum absolute atomic E-state index is 0. The molecule has 0 spiro atoms. The molecule has 0 aliphatic carbocycles. The predicted octanol–water partition coefficient (Wildman–Crippen LogP) is 3.08. The summed E-state index contributed by atoms with van der Waals surface area (Å²) in [6, 6.07) is 8.70. The van der Waals surface area contributed by atoms with Crippen molar-refractivity contribution in [2.45, 2.75) is 26.9 Å². The van der Waals surface area contributed by atoms with E-state index in [0.717, 1.165) is 56.1 Å². The Morgan fingerprint density at radius 2 is 1.81 bits per heavy atom. The second-order valence-electron chi connectivity index (χ2n) is 6.29. The van der Waals surface area contributed by atoms with Crippen molar-refractivity contribution in [3.63, 3.8) is 0 Å². The number of thiazole rings is 1. The molecule has 8 heteroatoms. The highest BCUT2D eigenvalue weighted by atomic mass is 127. The first-order valence-corrected chi connectivity index (χ1v) is 9.76. The van der Waals surface area contributed by atoms with E-state index < -0.39 is 0 Å². The fraction of sp³-hybridized carbons (Fsp3) is 0.474. The maximum absolute atomic E-state index is 5.41. The van der Waals surface area contributed by atoms with Gasteiger partial charge in [0.1, 0.15) is 0 Å². The molecular formula is C19H28IN5OS. The number of morpholine rings is 1. The first kappa shape index (κ1) is 21.9. The molecule has 6 nitrogen and oxygen atoms in total. The van der Waals surface area contributed by atoms with Crippen LogP contribution < -0.4 is 15.5 Å². The van der Waals surface area contributed by atoms with Gasteiger partial charge < -0.3 is 20.3 Å². The molecule has 2 aromatic rings. The topological polar surface area (TPSA) is 61.8 Å². The Morgan fingerprint density at radius 1 is 1.15 bits per heavy atom. The summed E-state index contributed by atoms with van der Waals surface area (Å²) in [7, 11) is 1.79. The third-order valence-electron chi connectivity index (χ3n) is 4.41. The molecule has 3 rings (SSSR count). The molecule has 0 radical (unpaired) electrons. The van der Waals surface area contributed by atoms with Crippen molar-refractivity contribution in [3.8, 4) is 0 Å². The zero-order valence-corrected chi connectivity index (χ0v) is 19.3. The molecule has 1 aliphatic heterocycles. The lowest BCUT2D eigenvalue weighted by molar-refractivity contribution is 0.122. The summed E-state index contributed by atoms with van der Waals surface area (Å²) >= 11 is 1.73. The van der Waals surface area contributed by atoms with Gasteiger partial charge in [-0.25, -0.2) is 4.98 Å². The van der Waals surface area contributed by atoms with Crippen molar-refractivity contribution in [1.82, 2.24) is 15.6 Å². The number of rotatable bonds is 5. The Morgan fingerprint density at radius 3 is 2.41 bits per heavy atom. The van der Waals surface area contributed by atoms with Crippen molar-refractivity contribution in [2.24, 2.45) is 4.99 Å². The molecule has 0 amide bonds. The Kier molecular flexibility index (Phi) is 8.78. The fourth-order valence-corrected chi connectivity index (χ4v) is 3.83. The lowest BCUT2D eigenvalue weighted by atomic mass is 10.2. The predicted molar refractivity (Wildman–Crippen MR) is 124 cm³/mol. The molecular weight excluding hydrogens is 473 g/mol. The summed E-state index contributed by atoms with van der Waals surface area (Å²) < 4.78 is 5.41. The number of aromatic nitrogens is 1. The molecule has 0 unspecified atom stereocenters. The summed E-state index contributed by atoms with van der Waals surface area (Å²) in [5, 5.41) is 7.83. The van der Waals surface area contributed by atoms with E-state index >= 15 is 0 Å². The monoisotopic (exact) mass is 501 g/mol. The summed E-state index contributed by atoms with van der Waals surface area (Å²) in [4.78, 5) is 12.4. The van der Waals surface area contributed by atoms with E-state index in [4.69, 9.17) is 4.74 Å². The number of nitrogens with one attached hydrogen (secondary N) is 2. The number of benzene rings is 1. The zero-order valence-electron chi connectivity index (χ0n) is 16.1. The van der Waals surface area contributed by atoms with Crippen molar-refractivity contribution >= 4 is 47.0 Å². The van der Waals surface area contributed by atoms with Crippen LogP contribution in [0.2, 0.25) is 0 Å². The minimum Gasteiger partial charge on any atom is -0.378 e. The molecule has 148 valence electrons. The van der Waals surface area contributed by atoms with Crippen LogP contribution in [0.3, 0.4) is 0 Å². The molecule has 1 aliphatic rings. The summed E-state index contributed by atoms with van der Waals surface area (Å²) in [6.07, 6.45) is 0. The SMILES string of the molecule is CN=C(NCc1ccc(N2CCOCC2)cc1)NCc1sc(C)nc1C.I. The largest absolute Gasteiger partial charge is 0.378 e. The highest BCUT2D eigenvalue weighted by Gasteiger charge is 2.11. The lowest BCUT2D eigenvalue weighted by Crippen LogP contribution is -2.36. The number of guanidine groups is 1. The minimum atomic E-state index is 0. The summed E-state index contributed by atoms with van der Waals surface area (Å²) in [5.74, 6) is 0.799. The molecule has 0 atom stereocenters. The van der Waals surface area contributed by atoms with Gasteiger partial charge in [0.15, 0.2) is 5.96 Å². The van der Waals surface area contributed by atoms with E-state index in [1.54, 1.807) is 18.4 Å². The molecule has 1 aromatic carbocycles. The van der Waals surface area contributed by atoms with E-state index in [9.17, 15) is 0 Å². The standard InChI is InChI=1S/C19H27N5OS.HI/c1-14-18(26-15(2)23-14)13-22-19(20-3)21-12-16-4-6-17(7-5-16)24-8-10-25-11-9-24;/h4-7H,8-13H2,1-3H3,(H2,20,21,22);1H. The Hall–Kier alpha value is -1.39. The number of hydrogen-bond donors (Lipinski definition) is 2. The van der Waals surface area contributed by atoms with E-state index in [1.807, 2.05) is 13.8 Å². The van der Waals surface area contributed by atoms with Crippen LogP contribution in [0, 0.1) is 13.8 Å². The second kappa shape index (κ2) is 10.8. The number of anilines is 1. The molecule has 1 fully saturated rings. The van der Waals surface area contributed by atoms with Gasteiger partial charge in [0.25, 0.3) is 0 Å². The number of aryl methyl sites for hydroxylation is 2. The lowest BCUT2D eigenvalue weighted by Gasteiger charge is -2.28. The molecule has 0 bridgehead atoms. The highest BCUT2D eigenvalue weighted by Crippen LogP contribution is 2.17. The fourth-order valence-electron chi connectivity index (χ4n) is 2.95. The molecule has 2 heterocycles. The van der Waals surface area contributed by atoms with Gasteiger partial charge in [-0.15, -0.1) is 35.3 Å². The van der Waals surface area contributed by atoms with E-state index in [2.05, 4.69) is 49.8 Å². The van der Waals surface area contributed by atoms with Crippen LogP contribution >= 0.6 is 35.3 Å². The van der Waals surface area contributed by atoms with Crippen LogP contribution in [0.4, 0.5) is 5.69 Å². The molecule has 27 heavy (non-hydrogen) atoms. The first-order chi connectivity index (χ1) is 12.7. The van der Waals surface area contributed by atoms with Crippen LogP contribution in [0.15, 0.2) is 29.3 Å². The van der Waals surface area contributed by atoms with Gasteiger partial charge in [0.2, 0.25) is 0 Å². The van der Waals surface area contributed by atoms with Crippen molar-refractivity contribution < 1.29 is 4.74 Å². The van der Waals surface area contributed by atoms with E-state index in [-0.39, 0.29) is 24.0 Å². The van der Waals surface area contributed by atoms with Crippen LogP contribution in [0.1, 0.15) is 21.1 Å². The highest BCUT2D eigenvalue weighted by molar-refractivity contribution is 14.0. The Labute approximate surface area is 182 Å². The molecule has 0 saturated carbocycles. The first-order valence-electron chi connectivity index (χ1n) is 8.95. The van der Waals surface area contributed by atoms with Gasteiger partial charge in [-0.3, -0.25) is 4.99 Å². The Balaban J connectivity index is 0.00000261. The molecule has 1 aromatic heterocycles. The maximum Gasteiger partial charge on any atom is 0.191 e. The number of ether oxygens (including phenoxy) is 1. The average Bonchev–Trinajstić information content (AvgIpc) is 3.00. The van der Waals surface area contributed by atoms with Gasteiger partial charge in [-0.1, -0.05) is 12.1 Å². The van der Waals surface area contributed by atoms with Crippen LogP contribution in [0.25, 0.3) is 0 Å². The van der Waals surface area contributed by atoms with Crippen molar-refractivity contribution in [2.75, 3.05) is 38.3 Å². The van der Waals surface area contributed by atoms with Gasteiger partial charge in [-0.2, -0.15) is 0 Å².